The van der Waals surface area contributed by atoms with Crippen LogP contribution in [0.1, 0.15) is 44.8 Å². The molecule has 10 bridgehead atoms. The quantitative estimate of drug-likeness (QED) is 0.0689. The number of nitrogen functional groups attached to an aromatic ring is 6. The molecule has 9 fully saturated rings. The van der Waals surface area contributed by atoms with E-state index in [2.05, 4.69) is 74.8 Å². The van der Waals surface area contributed by atoms with E-state index in [4.69, 9.17) is 117 Å². The third kappa shape index (κ3) is 18.3. The molecule has 12 aromatic heterocycles. The first kappa shape index (κ1) is 96.2. The molecule has 21 heterocycles. The fourth-order valence-corrected chi connectivity index (χ4v) is 21.7. The predicted octanol–water partition coefficient (Wildman–Crippen LogP) is -6.47. The number of aliphatic hydroxyl groups excluding tert-OH is 6. The van der Waals surface area contributed by atoms with Gasteiger partial charge in [0.2, 0.25) is 17.8 Å². The molecule has 0 spiro atoms. The zero-order valence-electron chi connectivity index (χ0n) is 67.5. The maximum Gasteiger partial charge on any atom is 0.472 e. The SMILES string of the molecule is C.Nc1nc2c(ncn2C2OC3COP(=O)([O-])OC4C(COP(=O)(O)OC2C3O)OC(n2cnc3c(N)ccnc32)C4O)c(=O)[nH]1.Nc1nc2c(ncn2C2OC3COP(=O)([O-])OC4C(O)C(COP(=O)(O)OC2C3O)OC4n2cnc3c(N)ccnc32)c(=O)[nH]1.Nc1nc2c(ncn2[C@@H]2O[C@@H]3COP(=O)([O-])O[C@@H]4[C@H](O)[C@@H](COP(=O)(O)O[C@@H]2[C@@H]3O)O[C@H]4n2cnc3c(N)ccnc32)c(=O)[nH]1. The van der Waals surface area contributed by atoms with E-state index in [1.165, 1.54) is 69.5 Å². The number of pyridine rings is 3. The number of hydrogen-bond acceptors (Lipinski definition) is 54. The monoisotopic (exact) mass is 2030 g/mol. The van der Waals surface area contributed by atoms with Crippen LogP contribution in [0.4, 0.5) is 34.9 Å². The van der Waals surface area contributed by atoms with Crippen molar-refractivity contribution in [2.24, 2.45) is 0 Å². The lowest BCUT2D eigenvalue weighted by atomic mass is 10.1. The molecule has 0 aliphatic carbocycles. The number of anilines is 6. The number of rotatable bonds is 6. The molecule has 0 saturated carbocycles. The summed E-state index contributed by atoms with van der Waals surface area (Å²) in [7, 11) is -31.2. The first-order valence-corrected chi connectivity index (χ1v) is 48.1. The molecule has 21 rings (SSSR count). The van der Waals surface area contributed by atoms with Crippen LogP contribution in [0.25, 0.3) is 67.0 Å². The number of hydrogen-bond donors (Lipinski definition) is 18. The van der Waals surface area contributed by atoms with Gasteiger partial charge in [0.25, 0.3) is 40.1 Å². The van der Waals surface area contributed by atoms with Gasteiger partial charge in [0.15, 0.2) is 87.8 Å². The largest absolute Gasteiger partial charge is 0.756 e. The Morgan fingerprint density at radius 1 is 0.309 bits per heavy atom. The van der Waals surface area contributed by atoms with Crippen molar-refractivity contribution >= 4 is 149 Å². The number of nitrogens with one attached hydrogen (secondary N) is 3. The van der Waals surface area contributed by atoms with Gasteiger partial charge in [-0.1, -0.05) is 7.43 Å². The molecule has 9 aliphatic heterocycles. The van der Waals surface area contributed by atoms with Crippen molar-refractivity contribution in [1.82, 2.24) is 102 Å². The Kier molecular flexibility index (Phi) is 25.6. The van der Waals surface area contributed by atoms with Crippen LogP contribution in [0.5, 0.6) is 0 Å². The Balaban J connectivity index is 0.000000135. The van der Waals surface area contributed by atoms with Crippen molar-refractivity contribution in [3.63, 3.8) is 0 Å². The van der Waals surface area contributed by atoms with Gasteiger partial charge >= 0.3 is 23.5 Å². The van der Waals surface area contributed by atoms with Crippen LogP contribution in [-0.4, -0.2) is 297 Å². The smallest absolute Gasteiger partial charge is 0.472 e. The molecule has 0 aromatic carbocycles. The van der Waals surface area contributed by atoms with Crippen LogP contribution in [-0.2, 0) is 110 Å². The van der Waals surface area contributed by atoms with Crippen LogP contribution in [0.15, 0.2) is 89.1 Å². The lowest BCUT2D eigenvalue weighted by Crippen LogP contribution is -2.38. The van der Waals surface area contributed by atoms with Gasteiger partial charge in [-0.25, -0.2) is 58.6 Å². The standard InChI is InChI=1S/3C21H25N9O13P2.CH4/c22-7-1-2-24-16-10(7)25-5-29(16)19-13(32)14-9(41-19)4-39-45(36,37)43-15-12(31)8(3-38-44(34,35)42-14)40-20(15)30-6-26-11-17(30)27-21(23)28-18(11)33;2*22-7-1-2-24-16-10(7)25-5-29(16)19-14-12(31)8(40-19)3-38-45(36,37)43-15-13(32)9(4-39-44(34,35)42-14)41-20(15)30-6-26-11-17(30)27-21(23)28-18(11)33;/h3*1-2,5-6,8-9,12-15,19-20,31-32H,3-4H2,(H2,22,24)(H,34,35)(H,36,37)(H3,23,27,28,33);1H4/p-3/t;8-,9-,12-,13-,14-,15-,19-,20-;;/m.1../s1. The molecular formula is C64H76N27O39P6-3. The molecule has 0 amide bonds. The summed E-state index contributed by atoms with van der Waals surface area (Å²) >= 11 is 0. The van der Waals surface area contributed by atoms with Crippen molar-refractivity contribution in [3.05, 3.63) is 106 Å². The summed E-state index contributed by atoms with van der Waals surface area (Å²) in [6, 6.07) is 4.48. The molecule has 12 aromatic rings. The van der Waals surface area contributed by atoms with E-state index >= 15 is 0 Å². The minimum atomic E-state index is -5.31. The first-order chi connectivity index (χ1) is 63.9. The van der Waals surface area contributed by atoms with E-state index in [0.29, 0.717) is 0 Å². The zero-order chi connectivity index (χ0) is 95.5. The molecule has 9 saturated heterocycles. The van der Waals surface area contributed by atoms with Gasteiger partial charge in [0.1, 0.15) is 126 Å². The number of H-pyrrole nitrogens is 3. The Morgan fingerprint density at radius 2 is 0.537 bits per heavy atom. The lowest BCUT2D eigenvalue weighted by Gasteiger charge is -2.31. The highest BCUT2D eigenvalue weighted by molar-refractivity contribution is 7.48. The number of fused-ring (bicyclic) bond motifs is 17. The average molecular weight is 2030 g/mol. The van der Waals surface area contributed by atoms with E-state index in [9.17, 15) is 102 Å². The van der Waals surface area contributed by atoms with Gasteiger partial charge in [0.05, 0.1) is 94.7 Å². The summed E-state index contributed by atoms with van der Waals surface area (Å²) in [5.41, 5.74) is 33.7. The van der Waals surface area contributed by atoms with Crippen LogP contribution >= 0.6 is 46.9 Å². The highest BCUT2D eigenvalue weighted by Crippen LogP contribution is 2.58. The van der Waals surface area contributed by atoms with Crippen LogP contribution in [0, 0.1) is 0 Å². The topological polar surface area (TPSA) is 959 Å². The second-order valence-corrected chi connectivity index (χ2v) is 39.1. The van der Waals surface area contributed by atoms with Crippen molar-refractivity contribution in [2.45, 2.75) is 155 Å². The maximum absolute atomic E-state index is 13.2. The molecular weight excluding hydrogens is 1960 g/mol. The summed E-state index contributed by atoms with van der Waals surface area (Å²) < 4.78 is 182. The van der Waals surface area contributed by atoms with E-state index in [-0.39, 0.29) is 109 Å². The molecule has 0 radical (unpaired) electrons. The molecule has 66 nitrogen and oxygen atoms in total. The highest BCUT2D eigenvalue weighted by Gasteiger charge is 2.58. The fraction of sp³-hybridized carbons (Fsp3) is 0.484. The van der Waals surface area contributed by atoms with Crippen molar-refractivity contribution in [1.29, 1.82) is 0 Å². The Bertz CT molecular complexity index is 6830. The van der Waals surface area contributed by atoms with Gasteiger partial charge < -0.3 is 150 Å². The minimum absolute atomic E-state index is 0. The van der Waals surface area contributed by atoms with Crippen molar-refractivity contribution in [2.75, 3.05) is 74.0 Å². The second-order valence-electron chi connectivity index (χ2n) is 30.8. The Hall–Kier alpha value is -10.1. The number of aliphatic hydroxyl groups is 6. The summed E-state index contributed by atoms with van der Waals surface area (Å²) in [6.07, 6.45) is -27.6. The minimum Gasteiger partial charge on any atom is -0.756 e. The average Bonchev–Trinajstić information content (AvgIpc) is 1.45. The molecule has 30 atom stereocenters. The van der Waals surface area contributed by atoms with Crippen LogP contribution in [0.2, 0.25) is 0 Å². The van der Waals surface area contributed by atoms with Crippen LogP contribution in [0.3, 0.4) is 0 Å². The second kappa shape index (κ2) is 36.3. The number of phosphoric acid groups is 6. The molecule has 24 N–H and O–H groups in total. The lowest BCUT2D eigenvalue weighted by molar-refractivity contribution is -0.238. The first-order valence-electron chi connectivity index (χ1n) is 39.2. The molecule has 22 unspecified atom stereocenters. The number of aromatic nitrogens is 21. The van der Waals surface area contributed by atoms with Gasteiger partial charge in [-0.3, -0.25) is 97.6 Å². The number of phosphoric ester groups is 6. The molecule has 72 heteroatoms. The van der Waals surface area contributed by atoms with E-state index in [1.807, 2.05) is 0 Å². The van der Waals surface area contributed by atoms with E-state index < -0.39 is 250 Å². The number of aromatic amines is 3. The van der Waals surface area contributed by atoms with E-state index in [0.717, 1.165) is 32.7 Å². The normalized spacial score (nSPS) is 37.4. The zero-order valence-corrected chi connectivity index (χ0v) is 72.9. The highest BCUT2D eigenvalue weighted by atomic mass is 31.2. The fourth-order valence-electron chi connectivity index (χ4n) is 16.1. The number of nitrogens with two attached hydrogens (primary N) is 6. The number of nitrogens with zero attached hydrogens (tertiary/aromatic N) is 18. The predicted molar refractivity (Wildman–Crippen MR) is 437 cm³/mol. The molecule has 9 aliphatic rings. The molecule has 734 valence electrons. The third-order valence-electron chi connectivity index (χ3n) is 22.3. The van der Waals surface area contributed by atoms with E-state index in [1.54, 1.807) is 0 Å². The summed E-state index contributed by atoms with van der Waals surface area (Å²) in [5, 5.41) is 66.2. The third-order valence-corrected chi connectivity index (χ3v) is 28.1. The van der Waals surface area contributed by atoms with Crippen LogP contribution < -0.4 is 65.8 Å². The summed E-state index contributed by atoms with van der Waals surface area (Å²) in [5.74, 6) is -0.875. The van der Waals surface area contributed by atoms with Crippen molar-refractivity contribution < 1.29 is 170 Å². The summed E-state index contributed by atoms with van der Waals surface area (Å²) in [4.78, 5) is 163. The van der Waals surface area contributed by atoms with Gasteiger partial charge in [-0.2, -0.15) is 15.0 Å². The van der Waals surface area contributed by atoms with Gasteiger partial charge in [-0.15, -0.1) is 0 Å². The van der Waals surface area contributed by atoms with Gasteiger partial charge in [0, 0.05) is 18.6 Å². The number of imidazole rings is 6. The van der Waals surface area contributed by atoms with Gasteiger partial charge in [-0.05, 0) is 18.2 Å². The Morgan fingerprint density at radius 3 is 0.824 bits per heavy atom. The summed E-state index contributed by atoms with van der Waals surface area (Å²) in [6.45, 7) is -5.14. The van der Waals surface area contributed by atoms with Crippen molar-refractivity contribution in [3.8, 4) is 0 Å². The molecule has 136 heavy (non-hydrogen) atoms. The number of ether oxygens (including phenoxy) is 6. The maximum atomic E-state index is 13.2. The Labute approximate surface area is 752 Å².